The Morgan fingerprint density at radius 2 is 2.00 bits per heavy atom. The van der Waals surface area contributed by atoms with Crippen LogP contribution >= 0.6 is 11.3 Å². The van der Waals surface area contributed by atoms with Crippen molar-refractivity contribution in [1.29, 1.82) is 0 Å². The van der Waals surface area contributed by atoms with Gasteiger partial charge in [0.1, 0.15) is 0 Å². The first kappa shape index (κ1) is 14.4. The largest absolute Gasteiger partial charge is 0.390 e. The summed E-state index contributed by atoms with van der Waals surface area (Å²) in [5, 5.41) is 3.64. The van der Waals surface area contributed by atoms with E-state index < -0.39 is 18.6 Å². The summed E-state index contributed by atoms with van der Waals surface area (Å²) in [7, 11) is 0. The fourth-order valence-corrected chi connectivity index (χ4v) is 2.64. The van der Waals surface area contributed by atoms with Crippen molar-refractivity contribution in [3.05, 3.63) is 15.6 Å². The quantitative estimate of drug-likeness (QED) is 0.885. The van der Waals surface area contributed by atoms with E-state index in [4.69, 9.17) is 0 Å². The maximum absolute atomic E-state index is 12.4. The molecule has 0 aliphatic carbocycles. The van der Waals surface area contributed by atoms with E-state index in [2.05, 4.69) is 10.3 Å². The standard InChI is InChI=1S/C11H17F3N2S/c1-4-15-9(6-11(12,13)14)5-10-16-7(2)8(3)17-10/h9,15H,4-6H2,1-3H3. The highest BCUT2D eigenvalue weighted by Crippen LogP contribution is 2.25. The van der Waals surface area contributed by atoms with Crippen LogP contribution in [0.5, 0.6) is 0 Å². The van der Waals surface area contributed by atoms with Crippen molar-refractivity contribution in [3.8, 4) is 0 Å². The van der Waals surface area contributed by atoms with Gasteiger partial charge in [-0.25, -0.2) is 4.98 Å². The smallest absolute Gasteiger partial charge is 0.313 e. The second-order valence-corrected chi connectivity index (χ2v) is 5.31. The van der Waals surface area contributed by atoms with Gasteiger partial charge in [0.15, 0.2) is 0 Å². The molecular weight excluding hydrogens is 249 g/mol. The zero-order valence-electron chi connectivity index (χ0n) is 10.2. The molecule has 0 fully saturated rings. The first-order valence-electron chi connectivity index (χ1n) is 5.55. The molecule has 1 unspecified atom stereocenters. The third-order valence-electron chi connectivity index (χ3n) is 2.46. The third-order valence-corrected chi connectivity index (χ3v) is 3.56. The minimum atomic E-state index is -4.13. The van der Waals surface area contributed by atoms with E-state index in [-0.39, 0.29) is 0 Å². The zero-order valence-corrected chi connectivity index (χ0v) is 11.0. The van der Waals surface area contributed by atoms with Crippen molar-refractivity contribution in [2.75, 3.05) is 6.54 Å². The fourth-order valence-electron chi connectivity index (χ4n) is 1.62. The van der Waals surface area contributed by atoms with Crippen LogP contribution in [0.2, 0.25) is 0 Å². The Labute approximate surface area is 103 Å². The topological polar surface area (TPSA) is 24.9 Å². The van der Waals surface area contributed by atoms with Gasteiger partial charge in [0.05, 0.1) is 17.1 Å². The molecule has 98 valence electrons. The van der Waals surface area contributed by atoms with Crippen molar-refractivity contribution >= 4 is 11.3 Å². The average molecular weight is 266 g/mol. The first-order chi connectivity index (χ1) is 7.81. The van der Waals surface area contributed by atoms with E-state index in [0.717, 1.165) is 15.6 Å². The minimum Gasteiger partial charge on any atom is -0.313 e. The van der Waals surface area contributed by atoms with Crippen molar-refractivity contribution in [2.45, 2.75) is 45.8 Å². The maximum Gasteiger partial charge on any atom is 0.390 e. The number of hydrogen-bond acceptors (Lipinski definition) is 3. The lowest BCUT2D eigenvalue weighted by molar-refractivity contribution is -0.139. The summed E-state index contributed by atoms with van der Waals surface area (Å²) < 4.78 is 37.1. The lowest BCUT2D eigenvalue weighted by atomic mass is 10.1. The first-order valence-corrected chi connectivity index (χ1v) is 6.36. The van der Waals surface area contributed by atoms with Crippen molar-refractivity contribution < 1.29 is 13.2 Å². The predicted octanol–water partition coefficient (Wildman–Crippen LogP) is 3.23. The van der Waals surface area contributed by atoms with Crippen LogP contribution in [0.25, 0.3) is 0 Å². The third kappa shape index (κ3) is 5.04. The molecule has 1 aromatic heterocycles. The van der Waals surface area contributed by atoms with Gasteiger partial charge in [0, 0.05) is 17.3 Å². The van der Waals surface area contributed by atoms with Gasteiger partial charge in [-0.15, -0.1) is 11.3 Å². The fraction of sp³-hybridized carbons (Fsp3) is 0.727. The molecule has 0 aliphatic heterocycles. The monoisotopic (exact) mass is 266 g/mol. The molecule has 0 aromatic carbocycles. The van der Waals surface area contributed by atoms with E-state index in [1.807, 2.05) is 20.8 Å². The highest BCUT2D eigenvalue weighted by atomic mass is 32.1. The highest BCUT2D eigenvalue weighted by Gasteiger charge is 2.32. The second-order valence-electron chi connectivity index (χ2n) is 4.03. The number of nitrogens with one attached hydrogen (secondary N) is 1. The lowest BCUT2D eigenvalue weighted by Gasteiger charge is -2.18. The molecule has 6 heteroatoms. The summed E-state index contributed by atoms with van der Waals surface area (Å²) in [6, 6.07) is -0.579. The SMILES string of the molecule is CCNC(Cc1nc(C)c(C)s1)CC(F)(F)F. The number of halogens is 3. The van der Waals surface area contributed by atoms with Gasteiger partial charge in [0.2, 0.25) is 0 Å². The molecule has 0 aliphatic rings. The molecule has 1 N–H and O–H groups in total. The van der Waals surface area contributed by atoms with E-state index in [0.29, 0.717) is 13.0 Å². The van der Waals surface area contributed by atoms with Gasteiger partial charge >= 0.3 is 6.18 Å². The Bertz CT molecular complexity index is 341. The summed E-state index contributed by atoms with van der Waals surface area (Å²) in [5.74, 6) is 0. The van der Waals surface area contributed by atoms with Gasteiger partial charge in [-0.2, -0.15) is 13.2 Å². The molecule has 0 amide bonds. The van der Waals surface area contributed by atoms with Crippen LogP contribution in [0.3, 0.4) is 0 Å². The normalized spacial score (nSPS) is 14.0. The number of hydrogen-bond donors (Lipinski definition) is 1. The molecule has 1 heterocycles. The van der Waals surface area contributed by atoms with E-state index in [9.17, 15) is 13.2 Å². The van der Waals surface area contributed by atoms with Gasteiger partial charge in [0.25, 0.3) is 0 Å². The van der Waals surface area contributed by atoms with Crippen molar-refractivity contribution in [3.63, 3.8) is 0 Å². The van der Waals surface area contributed by atoms with Gasteiger partial charge < -0.3 is 5.32 Å². The van der Waals surface area contributed by atoms with Crippen LogP contribution in [0.4, 0.5) is 13.2 Å². The average Bonchev–Trinajstić information content (AvgIpc) is 2.43. The number of thiazole rings is 1. The molecule has 1 atom stereocenters. The minimum absolute atomic E-state index is 0.340. The summed E-state index contributed by atoms with van der Waals surface area (Å²) in [4.78, 5) is 5.34. The van der Waals surface area contributed by atoms with Gasteiger partial charge in [-0.05, 0) is 20.4 Å². The second kappa shape index (κ2) is 5.82. The maximum atomic E-state index is 12.4. The Hall–Kier alpha value is -0.620. The molecule has 17 heavy (non-hydrogen) atoms. The van der Waals surface area contributed by atoms with Crippen LogP contribution < -0.4 is 5.32 Å². The Kier molecular flexibility index (Phi) is 4.94. The number of rotatable bonds is 5. The molecule has 0 saturated heterocycles. The number of alkyl halides is 3. The molecule has 0 spiro atoms. The molecular formula is C11H17F3N2S. The van der Waals surface area contributed by atoms with Gasteiger partial charge in [-0.1, -0.05) is 6.92 Å². The van der Waals surface area contributed by atoms with Gasteiger partial charge in [-0.3, -0.25) is 0 Å². The summed E-state index contributed by atoms with van der Waals surface area (Å²) in [5.41, 5.74) is 0.909. The van der Waals surface area contributed by atoms with Crippen LogP contribution in [-0.4, -0.2) is 23.7 Å². The van der Waals surface area contributed by atoms with Crippen molar-refractivity contribution in [1.82, 2.24) is 10.3 Å². The Morgan fingerprint density at radius 3 is 2.41 bits per heavy atom. The van der Waals surface area contributed by atoms with E-state index in [1.54, 1.807) is 0 Å². The molecule has 0 saturated carbocycles. The van der Waals surface area contributed by atoms with Crippen LogP contribution in [0.15, 0.2) is 0 Å². The molecule has 2 nitrogen and oxygen atoms in total. The number of aromatic nitrogens is 1. The summed E-state index contributed by atoms with van der Waals surface area (Å²) in [6.45, 7) is 6.15. The van der Waals surface area contributed by atoms with Crippen LogP contribution in [0.1, 0.15) is 28.9 Å². The Morgan fingerprint density at radius 1 is 1.35 bits per heavy atom. The number of likely N-dealkylation sites (N-methyl/N-ethyl adjacent to an activating group) is 1. The molecule has 1 aromatic rings. The summed E-state index contributed by atoms with van der Waals surface area (Å²) in [6.07, 6.45) is -4.60. The van der Waals surface area contributed by atoms with Crippen molar-refractivity contribution in [2.24, 2.45) is 0 Å². The van der Waals surface area contributed by atoms with Crippen LogP contribution in [0, 0.1) is 13.8 Å². The molecule has 0 radical (unpaired) electrons. The summed E-state index contributed by atoms with van der Waals surface area (Å²) >= 11 is 1.48. The zero-order chi connectivity index (χ0) is 13.1. The predicted molar refractivity (Wildman–Crippen MR) is 63.4 cm³/mol. The molecule has 0 bridgehead atoms. The van der Waals surface area contributed by atoms with Crippen LogP contribution in [-0.2, 0) is 6.42 Å². The number of aryl methyl sites for hydroxylation is 2. The number of nitrogens with zero attached hydrogens (tertiary/aromatic N) is 1. The lowest BCUT2D eigenvalue weighted by Crippen LogP contribution is -2.35. The highest BCUT2D eigenvalue weighted by molar-refractivity contribution is 7.11. The van der Waals surface area contributed by atoms with E-state index in [1.165, 1.54) is 11.3 Å². The Balaban J connectivity index is 2.66. The molecule has 1 rings (SSSR count). The van der Waals surface area contributed by atoms with E-state index >= 15 is 0 Å².